The minimum absolute atomic E-state index is 0.0572. The van der Waals surface area contributed by atoms with Crippen molar-refractivity contribution in [3.05, 3.63) is 172 Å². The number of halogens is 4. The van der Waals surface area contributed by atoms with Gasteiger partial charge in [-0.15, -0.1) is 0 Å². The molecule has 0 radical (unpaired) electrons. The number of fused-ring (bicyclic) bond motifs is 5. The summed E-state index contributed by atoms with van der Waals surface area (Å²) in [6.45, 7) is 0. The molecule has 0 saturated carbocycles. The fourth-order valence-corrected chi connectivity index (χ4v) is 7.37. The third-order valence-electron chi connectivity index (χ3n) is 9.13. The van der Waals surface area contributed by atoms with E-state index < -0.39 is 0 Å². The molecule has 9 rings (SSSR count). The van der Waals surface area contributed by atoms with Gasteiger partial charge < -0.3 is 10.3 Å². The van der Waals surface area contributed by atoms with Crippen molar-refractivity contribution < 1.29 is 14.4 Å². The normalized spacial score (nSPS) is 14.8. The number of aromatic nitrogens is 1. The Morgan fingerprint density at radius 1 is 0.520 bits per heavy atom. The van der Waals surface area contributed by atoms with Gasteiger partial charge in [0.05, 0.1) is 22.4 Å². The highest BCUT2D eigenvalue weighted by Gasteiger charge is 2.40. The van der Waals surface area contributed by atoms with Crippen LogP contribution in [0.15, 0.2) is 113 Å². The smallest absolute Gasteiger partial charge is 0.256 e. The monoisotopic (exact) mass is 734 g/mol. The number of carbonyl (C=O) groups is 3. The van der Waals surface area contributed by atoms with Gasteiger partial charge in [0.1, 0.15) is 0 Å². The Balaban J connectivity index is 0.000000145. The molecular weight excluding hydrogens is 714 g/mol. The lowest BCUT2D eigenvalue weighted by molar-refractivity contribution is -0.116. The van der Waals surface area contributed by atoms with Crippen LogP contribution >= 0.6 is 46.4 Å². The molecule has 0 fully saturated rings. The number of H-pyrrole nitrogens is 1. The van der Waals surface area contributed by atoms with Gasteiger partial charge in [-0.3, -0.25) is 19.2 Å². The van der Waals surface area contributed by atoms with Crippen LogP contribution in [0.25, 0.3) is 33.1 Å². The van der Waals surface area contributed by atoms with Crippen LogP contribution in [-0.4, -0.2) is 22.5 Å². The molecule has 1 aliphatic heterocycles. The van der Waals surface area contributed by atoms with Gasteiger partial charge in [0.25, 0.3) is 5.91 Å². The summed E-state index contributed by atoms with van der Waals surface area (Å²) in [6.07, 6.45) is 0.813. The summed E-state index contributed by atoms with van der Waals surface area (Å²) in [5.41, 5.74) is 8.09. The van der Waals surface area contributed by atoms with Crippen molar-refractivity contribution in [3.8, 4) is 0 Å². The molecule has 0 spiro atoms. The SMILES string of the molecule is O=C1CC(c2ccc(Cl)cc2)=C2C(=O)NC(c3ccc(Cl)cc3)=C12.O=C1c2cc(Cl)ccc2Cc2cc3c(=O)c4cc(Cl)ccc4[nH]c3cc21. The van der Waals surface area contributed by atoms with Crippen LogP contribution in [0.4, 0.5) is 0 Å². The topological polar surface area (TPSA) is 96.1 Å². The molecule has 3 aliphatic rings. The van der Waals surface area contributed by atoms with Crippen LogP contribution < -0.4 is 10.7 Å². The molecule has 1 aromatic heterocycles. The number of carbonyl (C=O) groups excluding carboxylic acids is 3. The highest BCUT2D eigenvalue weighted by atomic mass is 35.5. The maximum absolute atomic E-state index is 12.9. The van der Waals surface area contributed by atoms with Crippen LogP contribution in [-0.2, 0) is 16.0 Å². The Morgan fingerprint density at radius 3 is 1.84 bits per heavy atom. The van der Waals surface area contributed by atoms with E-state index in [4.69, 9.17) is 46.4 Å². The van der Waals surface area contributed by atoms with E-state index in [-0.39, 0.29) is 29.3 Å². The third kappa shape index (κ3) is 5.55. The minimum atomic E-state index is -0.245. The summed E-state index contributed by atoms with van der Waals surface area (Å²) < 4.78 is 0. The number of allylic oxidation sites excluding steroid dienone is 1. The van der Waals surface area contributed by atoms with Crippen molar-refractivity contribution in [2.45, 2.75) is 12.8 Å². The van der Waals surface area contributed by atoms with Gasteiger partial charge >= 0.3 is 0 Å². The van der Waals surface area contributed by atoms with E-state index >= 15 is 0 Å². The molecule has 5 aromatic carbocycles. The number of ketones is 2. The molecule has 0 unspecified atom stereocenters. The van der Waals surface area contributed by atoms with E-state index in [1.165, 1.54) is 0 Å². The molecule has 0 saturated heterocycles. The average Bonchev–Trinajstić information content (AvgIpc) is 3.63. The highest BCUT2D eigenvalue weighted by molar-refractivity contribution is 6.33. The Bertz CT molecular complexity index is 2540. The molecule has 0 bridgehead atoms. The van der Waals surface area contributed by atoms with E-state index in [0.717, 1.165) is 27.8 Å². The molecule has 6 nitrogen and oxygen atoms in total. The number of rotatable bonds is 2. The number of pyridine rings is 1. The van der Waals surface area contributed by atoms with Gasteiger partial charge in [-0.2, -0.15) is 0 Å². The van der Waals surface area contributed by atoms with Gasteiger partial charge in [0.2, 0.25) is 0 Å². The quantitative estimate of drug-likeness (QED) is 0.173. The molecule has 50 heavy (non-hydrogen) atoms. The Hall–Kier alpha value is -4.98. The molecule has 2 aliphatic carbocycles. The molecule has 10 heteroatoms. The van der Waals surface area contributed by atoms with E-state index in [1.54, 1.807) is 72.8 Å². The van der Waals surface area contributed by atoms with Gasteiger partial charge in [-0.1, -0.05) is 76.7 Å². The van der Waals surface area contributed by atoms with Crippen LogP contribution in [0.3, 0.4) is 0 Å². The first-order valence-corrected chi connectivity index (χ1v) is 17.0. The number of nitrogens with one attached hydrogen (secondary N) is 2. The van der Waals surface area contributed by atoms with Crippen LogP contribution in [0.1, 0.15) is 44.6 Å². The predicted octanol–water partition coefficient (Wildman–Crippen LogP) is 9.38. The Kier molecular flexibility index (Phi) is 8.00. The molecular formula is C40H22Cl4N2O4. The van der Waals surface area contributed by atoms with Crippen molar-refractivity contribution in [1.82, 2.24) is 10.3 Å². The number of hydrogen-bond donors (Lipinski definition) is 2. The van der Waals surface area contributed by atoms with E-state index in [2.05, 4.69) is 10.3 Å². The predicted molar refractivity (Wildman–Crippen MR) is 199 cm³/mol. The fourth-order valence-electron chi connectivity index (χ4n) is 6.77. The number of hydrogen-bond acceptors (Lipinski definition) is 4. The number of benzene rings is 5. The third-order valence-corrected chi connectivity index (χ3v) is 10.1. The van der Waals surface area contributed by atoms with Gasteiger partial charge in [0, 0.05) is 53.9 Å². The van der Waals surface area contributed by atoms with E-state index in [1.807, 2.05) is 24.3 Å². The summed E-state index contributed by atoms with van der Waals surface area (Å²) in [5, 5.41) is 6.19. The Morgan fingerprint density at radius 2 is 1.12 bits per heavy atom. The summed E-state index contributed by atoms with van der Waals surface area (Å²) in [5.74, 6) is -0.369. The lowest BCUT2D eigenvalue weighted by Crippen LogP contribution is -2.16. The summed E-state index contributed by atoms with van der Waals surface area (Å²) >= 11 is 23.9. The second kappa shape index (κ2) is 12.4. The Labute approximate surface area is 304 Å². The highest BCUT2D eigenvalue weighted by Crippen LogP contribution is 2.42. The largest absolute Gasteiger partial charge is 0.354 e. The minimum Gasteiger partial charge on any atom is -0.354 e. The maximum atomic E-state index is 12.9. The second-order valence-electron chi connectivity index (χ2n) is 12.2. The molecule has 244 valence electrons. The first-order valence-electron chi connectivity index (χ1n) is 15.5. The number of aromatic amines is 1. The average molecular weight is 736 g/mol. The number of Topliss-reactive ketones (excluding diaryl/α,β-unsaturated/α-hetero) is 1. The molecule has 2 heterocycles. The fraction of sp³-hybridized carbons (Fsp3) is 0.0500. The zero-order valence-electron chi connectivity index (χ0n) is 25.8. The van der Waals surface area contributed by atoms with Crippen molar-refractivity contribution >= 4 is 97.0 Å². The standard InChI is InChI=1S/C21H11Cl2NO2.C19H11Cl2NO2/c22-12-2-1-10-5-11-6-16-19(9-15(11)20(25)14(10)7-12)24-18-4-3-13(23)8-17(18)21(16)26;20-12-5-1-10(2-6-12)14-9-15(23)17-16(14)19(24)22-18(17)11-3-7-13(21)8-4-11/h1-4,6-9H,5H2,(H,24,26);1-8H,9H2,(H,22,24). The molecule has 6 aromatic rings. The number of amides is 1. The first-order chi connectivity index (χ1) is 24.0. The van der Waals surface area contributed by atoms with Crippen molar-refractivity contribution in [2.75, 3.05) is 0 Å². The lowest BCUT2D eigenvalue weighted by Gasteiger charge is -2.19. The lowest BCUT2D eigenvalue weighted by atomic mass is 9.84. The van der Waals surface area contributed by atoms with Crippen LogP contribution in [0.2, 0.25) is 20.1 Å². The second-order valence-corrected chi connectivity index (χ2v) is 13.9. The maximum Gasteiger partial charge on any atom is 0.256 e. The summed E-state index contributed by atoms with van der Waals surface area (Å²) in [7, 11) is 0. The summed E-state index contributed by atoms with van der Waals surface area (Å²) in [4.78, 5) is 54.1. The van der Waals surface area contributed by atoms with Gasteiger partial charge in [0.15, 0.2) is 17.0 Å². The van der Waals surface area contributed by atoms with E-state index in [0.29, 0.717) is 76.3 Å². The molecule has 0 atom stereocenters. The van der Waals surface area contributed by atoms with Crippen LogP contribution in [0, 0.1) is 0 Å². The first kappa shape index (κ1) is 32.2. The van der Waals surface area contributed by atoms with Crippen LogP contribution in [0.5, 0.6) is 0 Å². The zero-order chi connectivity index (χ0) is 34.8. The van der Waals surface area contributed by atoms with Crippen molar-refractivity contribution in [1.29, 1.82) is 0 Å². The zero-order valence-corrected chi connectivity index (χ0v) is 28.8. The van der Waals surface area contributed by atoms with Gasteiger partial charge in [-0.05, 0) is 101 Å². The van der Waals surface area contributed by atoms with Crippen molar-refractivity contribution in [3.63, 3.8) is 0 Å². The van der Waals surface area contributed by atoms with Crippen molar-refractivity contribution in [2.24, 2.45) is 0 Å². The molecule has 2 N–H and O–H groups in total. The molecule has 1 amide bonds. The summed E-state index contributed by atoms with van der Waals surface area (Å²) in [6, 6.07) is 28.3. The van der Waals surface area contributed by atoms with E-state index in [9.17, 15) is 19.2 Å². The van der Waals surface area contributed by atoms with Gasteiger partial charge in [-0.25, -0.2) is 0 Å².